The molecule has 0 fully saturated rings. The van der Waals surface area contributed by atoms with Crippen molar-refractivity contribution in [2.75, 3.05) is 0 Å². The third kappa shape index (κ3) is 1.98. The van der Waals surface area contributed by atoms with Crippen LogP contribution in [0.4, 0.5) is 5.69 Å². The quantitative estimate of drug-likeness (QED) is 0.863. The number of hydrogen-bond acceptors (Lipinski definition) is 5. The number of carbonyl (C=O) groups is 2. The SMILES string of the molecule is CCc1c2c(cc3c1OC(CC)O3)C(=O)C(C(=O)O)C=N2. The Kier molecular flexibility index (Phi) is 3.16. The van der Waals surface area contributed by atoms with Crippen molar-refractivity contribution in [2.24, 2.45) is 10.9 Å². The molecule has 0 saturated carbocycles. The van der Waals surface area contributed by atoms with Crippen LogP contribution >= 0.6 is 0 Å². The van der Waals surface area contributed by atoms with Gasteiger partial charge in [0.1, 0.15) is 0 Å². The summed E-state index contributed by atoms with van der Waals surface area (Å²) in [7, 11) is 0. The molecule has 6 heteroatoms. The van der Waals surface area contributed by atoms with Gasteiger partial charge in [-0.05, 0) is 12.5 Å². The zero-order valence-electron chi connectivity index (χ0n) is 11.8. The number of fused-ring (bicyclic) bond motifs is 2. The number of Topliss-reactive ketones (excluding diaryl/α,β-unsaturated/α-hetero) is 1. The molecule has 0 bridgehead atoms. The zero-order chi connectivity index (χ0) is 15.1. The fourth-order valence-electron chi connectivity index (χ4n) is 2.59. The van der Waals surface area contributed by atoms with Gasteiger partial charge in [-0.25, -0.2) is 0 Å². The van der Waals surface area contributed by atoms with Crippen LogP contribution < -0.4 is 9.47 Å². The monoisotopic (exact) mass is 289 g/mol. The molecule has 0 aliphatic carbocycles. The summed E-state index contributed by atoms with van der Waals surface area (Å²) >= 11 is 0. The third-order valence-corrected chi connectivity index (χ3v) is 3.68. The molecule has 2 aliphatic heterocycles. The molecule has 2 unspecified atom stereocenters. The Balaban J connectivity index is 2.15. The molecule has 6 nitrogen and oxygen atoms in total. The van der Waals surface area contributed by atoms with Crippen molar-refractivity contribution in [3.05, 3.63) is 17.2 Å². The number of aliphatic imine (C=N–C) groups is 1. The van der Waals surface area contributed by atoms with Crippen molar-refractivity contribution in [1.82, 2.24) is 0 Å². The van der Waals surface area contributed by atoms with Gasteiger partial charge >= 0.3 is 5.97 Å². The van der Waals surface area contributed by atoms with Crippen LogP contribution in [0.2, 0.25) is 0 Å². The summed E-state index contributed by atoms with van der Waals surface area (Å²) in [5.41, 5.74) is 1.58. The molecule has 1 aromatic rings. The lowest BCUT2D eigenvalue weighted by Gasteiger charge is -2.18. The van der Waals surface area contributed by atoms with Gasteiger partial charge in [0.25, 0.3) is 0 Å². The van der Waals surface area contributed by atoms with Crippen LogP contribution in [-0.2, 0) is 11.2 Å². The van der Waals surface area contributed by atoms with Crippen molar-refractivity contribution in [3.8, 4) is 11.5 Å². The van der Waals surface area contributed by atoms with Gasteiger partial charge in [0.15, 0.2) is 23.2 Å². The van der Waals surface area contributed by atoms with Crippen LogP contribution in [0.3, 0.4) is 0 Å². The Hall–Kier alpha value is -2.37. The second-order valence-corrected chi connectivity index (χ2v) is 4.96. The van der Waals surface area contributed by atoms with E-state index in [-0.39, 0.29) is 6.29 Å². The number of aliphatic carboxylic acids is 1. The van der Waals surface area contributed by atoms with E-state index in [0.717, 1.165) is 5.56 Å². The number of carboxylic acid groups (broad SMARTS) is 1. The molecule has 3 rings (SSSR count). The summed E-state index contributed by atoms with van der Waals surface area (Å²) in [5.74, 6) is -1.79. The van der Waals surface area contributed by atoms with Gasteiger partial charge in [0, 0.05) is 23.8 Å². The average Bonchev–Trinajstić information content (AvgIpc) is 2.88. The standard InChI is InChI=1S/C15H15NO5/c1-3-7-12-8(13(17)9(6-16-12)15(18)19)5-10-14(7)21-11(4-2)20-10/h5-6,9,11H,3-4H2,1-2H3,(H,18,19). The van der Waals surface area contributed by atoms with Crippen LogP contribution in [0.15, 0.2) is 11.1 Å². The maximum absolute atomic E-state index is 12.3. The number of nitrogens with zero attached hydrogens (tertiary/aromatic N) is 1. The Bertz CT molecular complexity index is 665. The summed E-state index contributed by atoms with van der Waals surface area (Å²) in [6.07, 6.45) is 2.11. The minimum absolute atomic E-state index is 0.292. The molecule has 0 amide bonds. The summed E-state index contributed by atoms with van der Waals surface area (Å²) < 4.78 is 11.4. The molecule has 1 aromatic carbocycles. The zero-order valence-corrected chi connectivity index (χ0v) is 11.8. The van der Waals surface area contributed by atoms with E-state index in [1.54, 1.807) is 6.07 Å². The smallest absolute Gasteiger partial charge is 0.319 e. The van der Waals surface area contributed by atoms with E-state index < -0.39 is 17.7 Å². The van der Waals surface area contributed by atoms with E-state index in [9.17, 15) is 9.59 Å². The van der Waals surface area contributed by atoms with E-state index in [1.165, 1.54) is 6.21 Å². The number of rotatable bonds is 3. The largest absolute Gasteiger partial charge is 0.480 e. The van der Waals surface area contributed by atoms with E-state index >= 15 is 0 Å². The Morgan fingerprint density at radius 3 is 2.76 bits per heavy atom. The van der Waals surface area contributed by atoms with Gasteiger partial charge in [-0.15, -0.1) is 0 Å². The summed E-state index contributed by atoms with van der Waals surface area (Å²) in [4.78, 5) is 27.6. The molecule has 110 valence electrons. The summed E-state index contributed by atoms with van der Waals surface area (Å²) in [6.45, 7) is 3.87. The van der Waals surface area contributed by atoms with Crippen molar-refractivity contribution >= 4 is 23.7 Å². The molecule has 21 heavy (non-hydrogen) atoms. The molecule has 2 atom stereocenters. The van der Waals surface area contributed by atoms with Gasteiger partial charge in [-0.3, -0.25) is 14.6 Å². The highest BCUT2D eigenvalue weighted by Gasteiger charge is 2.36. The van der Waals surface area contributed by atoms with E-state index in [4.69, 9.17) is 14.6 Å². The number of hydrogen-bond donors (Lipinski definition) is 1. The van der Waals surface area contributed by atoms with E-state index in [1.807, 2.05) is 13.8 Å². The topological polar surface area (TPSA) is 85.2 Å². The van der Waals surface area contributed by atoms with Gasteiger partial charge in [0.2, 0.25) is 6.29 Å². The van der Waals surface area contributed by atoms with Crippen LogP contribution in [-0.4, -0.2) is 29.4 Å². The fourth-order valence-corrected chi connectivity index (χ4v) is 2.59. The first-order chi connectivity index (χ1) is 10.1. The van der Waals surface area contributed by atoms with Crippen LogP contribution in [0.5, 0.6) is 11.5 Å². The lowest BCUT2D eigenvalue weighted by atomic mass is 9.91. The van der Waals surface area contributed by atoms with E-state index in [0.29, 0.717) is 35.6 Å². The highest BCUT2D eigenvalue weighted by atomic mass is 16.7. The lowest BCUT2D eigenvalue weighted by Crippen LogP contribution is -2.27. The third-order valence-electron chi connectivity index (χ3n) is 3.68. The summed E-state index contributed by atoms with van der Waals surface area (Å²) in [5, 5.41) is 9.07. The predicted octanol–water partition coefficient (Wildman–Crippen LogP) is 2.36. The van der Waals surface area contributed by atoms with Gasteiger partial charge < -0.3 is 14.6 Å². The fraction of sp³-hybridized carbons (Fsp3) is 0.400. The normalized spacial score (nSPS) is 22.3. The molecule has 1 N–H and O–H groups in total. The van der Waals surface area contributed by atoms with Crippen LogP contribution in [0.25, 0.3) is 0 Å². The molecular formula is C15H15NO5. The number of carbonyl (C=O) groups excluding carboxylic acids is 1. The highest BCUT2D eigenvalue weighted by molar-refractivity contribution is 6.22. The van der Waals surface area contributed by atoms with Crippen molar-refractivity contribution in [3.63, 3.8) is 0 Å². The van der Waals surface area contributed by atoms with Crippen molar-refractivity contribution in [1.29, 1.82) is 0 Å². The van der Waals surface area contributed by atoms with Gasteiger partial charge in [-0.1, -0.05) is 13.8 Å². The van der Waals surface area contributed by atoms with Crippen LogP contribution in [0.1, 0.15) is 36.2 Å². The summed E-state index contributed by atoms with van der Waals surface area (Å²) in [6, 6.07) is 1.55. The first-order valence-corrected chi connectivity index (χ1v) is 6.91. The number of ketones is 1. The molecule has 2 heterocycles. The highest BCUT2D eigenvalue weighted by Crippen LogP contribution is 2.46. The molecule has 0 spiro atoms. The lowest BCUT2D eigenvalue weighted by molar-refractivity contribution is -0.137. The van der Waals surface area contributed by atoms with Crippen LogP contribution in [0, 0.1) is 5.92 Å². The minimum atomic E-state index is -1.23. The van der Waals surface area contributed by atoms with E-state index in [2.05, 4.69) is 4.99 Å². The average molecular weight is 289 g/mol. The second kappa shape index (κ2) is 4.87. The number of carboxylic acids is 1. The molecule has 2 aliphatic rings. The Morgan fingerprint density at radius 1 is 1.38 bits per heavy atom. The maximum atomic E-state index is 12.3. The minimum Gasteiger partial charge on any atom is -0.480 e. The number of ether oxygens (including phenoxy) is 2. The Morgan fingerprint density at radius 2 is 2.14 bits per heavy atom. The molecule has 0 saturated heterocycles. The van der Waals surface area contributed by atoms with Crippen molar-refractivity contribution < 1.29 is 24.2 Å². The molecule has 0 aromatic heterocycles. The number of benzene rings is 1. The molecule has 0 radical (unpaired) electrons. The Labute approximate surface area is 121 Å². The first kappa shape index (κ1) is 13.6. The van der Waals surface area contributed by atoms with Gasteiger partial charge in [-0.2, -0.15) is 0 Å². The predicted molar refractivity (Wildman–Crippen MR) is 74.8 cm³/mol. The maximum Gasteiger partial charge on any atom is 0.319 e. The van der Waals surface area contributed by atoms with Crippen molar-refractivity contribution in [2.45, 2.75) is 33.0 Å². The second-order valence-electron chi connectivity index (χ2n) is 4.96. The molecular weight excluding hydrogens is 274 g/mol. The van der Waals surface area contributed by atoms with Gasteiger partial charge in [0.05, 0.1) is 5.69 Å². The first-order valence-electron chi connectivity index (χ1n) is 6.91.